The van der Waals surface area contributed by atoms with Gasteiger partial charge in [-0.25, -0.2) is 18.2 Å². The number of amides is 3. The first-order valence-corrected chi connectivity index (χ1v) is 18.8. The number of nitrogens with zero attached hydrogens (tertiary/aromatic N) is 4. The first kappa shape index (κ1) is 37.5. The monoisotopic (exact) mass is 699 g/mol. The first-order valence-electron chi connectivity index (χ1n) is 16.4. The van der Waals surface area contributed by atoms with E-state index in [-0.39, 0.29) is 42.3 Å². The molecule has 262 valence electrons. The average molecular weight is 700 g/mol. The van der Waals surface area contributed by atoms with Crippen LogP contribution in [0.25, 0.3) is 0 Å². The summed E-state index contributed by atoms with van der Waals surface area (Å²) in [5.74, 6) is -0.683. The van der Waals surface area contributed by atoms with E-state index in [9.17, 15) is 28.2 Å². The molecule has 4 atom stereocenters. The molecule has 3 aromatic rings. The molecule has 0 spiro atoms. The maximum atomic E-state index is 14.1. The van der Waals surface area contributed by atoms with Gasteiger partial charge >= 0.3 is 6.03 Å². The zero-order valence-electron chi connectivity index (χ0n) is 28.6. The van der Waals surface area contributed by atoms with Crippen LogP contribution >= 0.6 is 11.3 Å². The number of sulfonamides is 1. The molecule has 0 bridgehead atoms. The predicted octanol–water partition coefficient (Wildman–Crippen LogP) is 4.20. The topological polar surface area (TPSA) is 143 Å². The Balaban J connectivity index is 1.57. The number of aliphatic hydroxyl groups excluding tert-OH is 2. The SMILES string of the molecule is Cc1nc(CN2CCN([C@H](C(=O)N[C@@H](Cc3ccccc3)[C@@H](O)CN(CC(C)C)S(=O)(=O)c3ccc(C(C)O)cc3)C(C)C)C2=O)cs1. The number of hydrogen-bond donors (Lipinski definition) is 3. The molecule has 2 heterocycles. The Hall–Kier alpha value is -3.36. The van der Waals surface area contributed by atoms with E-state index in [2.05, 4.69) is 10.3 Å². The molecule has 0 aliphatic carbocycles. The van der Waals surface area contributed by atoms with Gasteiger partial charge in [-0.15, -0.1) is 11.3 Å². The van der Waals surface area contributed by atoms with Gasteiger partial charge in [-0.05, 0) is 55.4 Å². The summed E-state index contributed by atoms with van der Waals surface area (Å²) in [6.07, 6.45) is -1.76. The Bertz CT molecular complexity index is 1610. The van der Waals surface area contributed by atoms with Gasteiger partial charge in [-0.3, -0.25) is 4.79 Å². The number of thiazole rings is 1. The van der Waals surface area contributed by atoms with Gasteiger partial charge in [0.05, 0.1) is 40.4 Å². The molecule has 2 aromatic carbocycles. The second-order valence-corrected chi connectivity index (χ2v) is 16.3. The molecule has 1 saturated heterocycles. The maximum absolute atomic E-state index is 14.1. The highest BCUT2D eigenvalue weighted by Gasteiger charge is 2.40. The summed E-state index contributed by atoms with van der Waals surface area (Å²) < 4.78 is 29.0. The number of aliphatic hydroxyl groups is 2. The lowest BCUT2D eigenvalue weighted by molar-refractivity contribution is -0.128. The zero-order valence-corrected chi connectivity index (χ0v) is 30.2. The number of carbonyl (C=O) groups excluding carboxylic acids is 2. The van der Waals surface area contributed by atoms with Crippen LogP contribution in [-0.4, -0.2) is 94.0 Å². The van der Waals surface area contributed by atoms with Crippen LogP contribution in [0.2, 0.25) is 0 Å². The van der Waals surface area contributed by atoms with Crippen molar-refractivity contribution in [2.75, 3.05) is 26.2 Å². The minimum Gasteiger partial charge on any atom is -0.390 e. The Morgan fingerprint density at radius 3 is 2.23 bits per heavy atom. The summed E-state index contributed by atoms with van der Waals surface area (Å²) >= 11 is 1.52. The molecule has 1 aromatic heterocycles. The molecule has 3 amide bonds. The molecular formula is C35H49N5O6S2. The molecule has 48 heavy (non-hydrogen) atoms. The molecule has 1 aliphatic heterocycles. The minimum absolute atomic E-state index is 0.0477. The summed E-state index contributed by atoms with van der Waals surface area (Å²) in [5, 5.41) is 27.5. The van der Waals surface area contributed by atoms with E-state index < -0.39 is 40.2 Å². The summed E-state index contributed by atoms with van der Waals surface area (Å²) in [7, 11) is -4.03. The highest BCUT2D eigenvalue weighted by Crippen LogP contribution is 2.24. The number of carbonyl (C=O) groups is 2. The van der Waals surface area contributed by atoms with Crippen LogP contribution in [0.4, 0.5) is 4.79 Å². The van der Waals surface area contributed by atoms with Crippen LogP contribution in [0.1, 0.15) is 62.6 Å². The molecule has 11 nitrogen and oxygen atoms in total. The predicted molar refractivity (Wildman–Crippen MR) is 187 cm³/mol. The number of urea groups is 1. The number of hydrogen-bond acceptors (Lipinski definition) is 8. The van der Waals surface area contributed by atoms with Gasteiger partial charge in [0.15, 0.2) is 0 Å². The minimum atomic E-state index is -4.03. The van der Waals surface area contributed by atoms with Crippen LogP contribution in [0.15, 0.2) is 64.9 Å². The maximum Gasteiger partial charge on any atom is 0.321 e. The molecule has 3 N–H and O–H groups in total. The molecule has 1 unspecified atom stereocenters. The van der Waals surface area contributed by atoms with Crippen molar-refractivity contribution >= 4 is 33.3 Å². The smallest absolute Gasteiger partial charge is 0.321 e. The van der Waals surface area contributed by atoms with E-state index in [1.807, 2.05) is 70.3 Å². The summed E-state index contributed by atoms with van der Waals surface area (Å²) in [6.45, 7) is 12.2. The third-order valence-electron chi connectivity index (χ3n) is 8.43. The second-order valence-electron chi connectivity index (χ2n) is 13.3. The molecule has 1 aliphatic rings. The fraction of sp³-hybridized carbons (Fsp3) is 0.514. The average Bonchev–Trinajstić information content (AvgIpc) is 3.61. The van der Waals surface area contributed by atoms with Crippen molar-refractivity contribution < 1.29 is 28.2 Å². The standard InChI is InChI=1S/C35H49N5O6S2/c1-23(2)19-39(48(45,46)30-14-12-28(13-15-30)25(5)41)21-32(42)31(18-27-10-8-7-9-11-27)37-34(43)33(24(3)4)40-17-16-38(35(40)44)20-29-22-47-26(6)36-29/h7-15,22-25,31-33,41-42H,16-21H2,1-6H3,(H,37,43)/t25?,31-,32-,33-/m0/s1. The van der Waals surface area contributed by atoms with Gasteiger partial charge in [0.2, 0.25) is 15.9 Å². The van der Waals surface area contributed by atoms with E-state index in [1.54, 1.807) is 28.9 Å². The van der Waals surface area contributed by atoms with Crippen molar-refractivity contribution in [3.8, 4) is 0 Å². The van der Waals surface area contributed by atoms with E-state index in [0.717, 1.165) is 16.3 Å². The summed E-state index contributed by atoms with van der Waals surface area (Å²) in [6, 6.07) is 13.6. The summed E-state index contributed by atoms with van der Waals surface area (Å²) in [5.41, 5.74) is 2.26. The number of aryl methyl sites for hydroxylation is 1. The third kappa shape index (κ3) is 9.41. The number of rotatable bonds is 16. The summed E-state index contributed by atoms with van der Waals surface area (Å²) in [4.78, 5) is 35.4. The molecule has 0 radical (unpaired) electrons. The number of benzene rings is 2. The van der Waals surface area contributed by atoms with Crippen LogP contribution < -0.4 is 5.32 Å². The lowest BCUT2D eigenvalue weighted by Gasteiger charge is -2.34. The van der Waals surface area contributed by atoms with Crippen LogP contribution in [0, 0.1) is 18.8 Å². The Morgan fingerprint density at radius 2 is 1.67 bits per heavy atom. The normalized spacial score (nSPS) is 16.5. The van der Waals surface area contributed by atoms with Crippen LogP contribution in [0.5, 0.6) is 0 Å². The van der Waals surface area contributed by atoms with E-state index in [1.165, 1.54) is 27.8 Å². The molecular weight excluding hydrogens is 651 g/mol. The molecule has 0 saturated carbocycles. The van der Waals surface area contributed by atoms with Crippen LogP contribution in [-0.2, 0) is 27.8 Å². The van der Waals surface area contributed by atoms with Gasteiger partial charge in [0, 0.05) is 31.6 Å². The largest absolute Gasteiger partial charge is 0.390 e. The fourth-order valence-electron chi connectivity index (χ4n) is 5.99. The fourth-order valence-corrected chi connectivity index (χ4v) is 8.21. The van der Waals surface area contributed by atoms with Gasteiger partial charge in [-0.2, -0.15) is 4.31 Å². The van der Waals surface area contributed by atoms with Crippen molar-refractivity contribution in [3.05, 3.63) is 81.8 Å². The van der Waals surface area contributed by atoms with Crippen molar-refractivity contribution in [3.63, 3.8) is 0 Å². The third-order valence-corrected chi connectivity index (χ3v) is 11.1. The Kier molecular flexibility index (Phi) is 12.8. The van der Waals surface area contributed by atoms with Crippen molar-refractivity contribution in [1.82, 2.24) is 24.4 Å². The molecule has 13 heteroatoms. The van der Waals surface area contributed by atoms with Crippen molar-refractivity contribution in [1.29, 1.82) is 0 Å². The van der Waals surface area contributed by atoms with E-state index in [4.69, 9.17) is 0 Å². The van der Waals surface area contributed by atoms with E-state index >= 15 is 0 Å². The van der Waals surface area contributed by atoms with Gasteiger partial charge < -0.3 is 25.3 Å². The lowest BCUT2D eigenvalue weighted by atomic mass is 9.97. The lowest BCUT2D eigenvalue weighted by Crippen LogP contribution is -2.57. The zero-order chi connectivity index (χ0) is 35.2. The number of aromatic nitrogens is 1. The first-order chi connectivity index (χ1) is 22.7. The van der Waals surface area contributed by atoms with Gasteiger partial charge in [0.1, 0.15) is 6.04 Å². The highest BCUT2D eigenvalue weighted by atomic mass is 32.2. The quantitative estimate of drug-likeness (QED) is 0.203. The van der Waals surface area contributed by atoms with Crippen LogP contribution in [0.3, 0.4) is 0 Å². The van der Waals surface area contributed by atoms with Crippen molar-refractivity contribution in [2.24, 2.45) is 11.8 Å². The Labute approximate surface area is 288 Å². The highest BCUT2D eigenvalue weighted by molar-refractivity contribution is 7.89. The van der Waals surface area contributed by atoms with E-state index in [0.29, 0.717) is 25.2 Å². The Morgan fingerprint density at radius 1 is 1.00 bits per heavy atom. The molecule has 4 rings (SSSR count). The number of nitrogens with one attached hydrogen (secondary N) is 1. The second kappa shape index (κ2) is 16.4. The molecule has 1 fully saturated rings. The van der Waals surface area contributed by atoms with Gasteiger partial charge in [0.25, 0.3) is 0 Å². The van der Waals surface area contributed by atoms with Crippen molar-refractivity contribution in [2.45, 2.75) is 83.7 Å². The van der Waals surface area contributed by atoms with Gasteiger partial charge in [-0.1, -0.05) is 70.2 Å².